The Morgan fingerprint density at radius 3 is 2.20 bits per heavy atom. The number of carbonyl (C=O) groups is 2. The number of ether oxygens (including phenoxy) is 2. The molecule has 2 aromatic carbocycles. The molecule has 35 heavy (non-hydrogen) atoms. The van der Waals surface area contributed by atoms with Crippen LogP contribution in [0.25, 0.3) is 0 Å². The number of para-hydroxylation sites is 1. The SMILES string of the molecule is COCC1(CN(C(=O)C(F)(F)F)[C@@H]2C[C@H]2c2ccccc2)CCN(C(=O)Oc2ccccc2)CC1. The van der Waals surface area contributed by atoms with Gasteiger partial charge in [0.1, 0.15) is 5.75 Å². The number of alkyl halides is 3. The van der Waals surface area contributed by atoms with E-state index in [9.17, 15) is 22.8 Å². The Morgan fingerprint density at radius 2 is 1.63 bits per heavy atom. The molecule has 1 aliphatic carbocycles. The summed E-state index contributed by atoms with van der Waals surface area (Å²) in [6.07, 6.45) is -4.18. The van der Waals surface area contributed by atoms with E-state index in [1.165, 1.54) is 7.11 Å². The van der Waals surface area contributed by atoms with Crippen LogP contribution in [0.4, 0.5) is 18.0 Å². The van der Waals surface area contributed by atoms with E-state index in [2.05, 4.69) is 0 Å². The molecule has 9 heteroatoms. The first-order chi connectivity index (χ1) is 16.7. The van der Waals surface area contributed by atoms with Crippen molar-refractivity contribution in [3.63, 3.8) is 0 Å². The van der Waals surface area contributed by atoms with Crippen molar-refractivity contribution in [2.75, 3.05) is 33.4 Å². The van der Waals surface area contributed by atoms with Crippen molar-refractivity contribution < 1.29 is 32.2 Å². The summed E-state index contributed by atoms with van der Waals surface area (Å²) in [5.74, 6) is -1.51. The zero-order valence-corrected chi connectivity index (χ0v) is 19.5. The number of carbonyl (C=O) groups excluding carboxylic acids is 2. The van der Waals surface area contributed by atoms with Crippen molar-refractivity contribution in [3.05, 3.63) is 66.2 Å². The predicted molar refractivity (Wildman–Crippen MR) is 123 cm³/mol. The molecule has 1 saturated heterocycles. The monoisotopic (exact) mass is 490 g/mol. The highest BCUT2D eigenvalue weighted by molar-refractivity contribution is 5.82. The third kappa shape index (κ3) is 5.96. The molecule has 0 N–H and O–H groups in total. The summed E-state index contributed by atoms with van der Waals surface area (Å²) in [6.45, 7) is 0.722. The molecule has 2 fully saturated rings. The Bertz CT molecular complexity index is 1010. The van der Waals surface area contributed by atoms with Gasteiger partial charge in [0.25, 0.3) is 0 Å². The molecule has 0 radical (unpaired) electrons. The first-order valence-corrected chi connectivity index (χ1v) is 11.7. The van der Waals surface area contributed by atoms with Crippen molar-refractivity contribution in [3.8, 4) is 5.75 Å². The van der Waals surface area contributed by atoms with Crippen molar-refractivity contribution in [1.82, 2.24) is 9.80 Å². The fraction of sp³-hybridized carbons (Fsp3) is 0.462. The second kappa shape index (κ2) is 10.3. The summed E-state index contributed by atoms with van der Waals surface area (Å²) in [7, 11) is 1.50. The number of hydrogen-bond donors (Lipinski definition) is 0. The lowest BCUT2D eigenvalue weighted by Gasteiger charge is -2.44. The molecule has 2 aliphatic rings. The van der Waals surface area contributed by atoms with E-state index in [0.717, 1.165) is 10.5 Å². The van der Waals surface area contributed by atoms with Crippen LogP contribution in [0, 0.1) is 5.41 Å². The molecule has 0 bridgehead atoms. The van der Waals surface area contributed by atoms with Gasteiger partial charge in [0.15, 0.2) is 0 Å². The van der Waals surface area contributed by atoms with Gasteiger partial charge >= 0.3 is 18.2 Å². The third-order valence-electron chi connectivity index (χ3n) is 6.88. The average Bonchev–Trinajstić information content (AvgIpc) is 3.64. The molecule has 188 valence electrons. The summed E-state index contributed by atoms with van der Waals surface area (Å²) >= 11 is 0. The number of piperidine rings is 1. The Labute approximate surface area is 202 Å². The zero-order chi connectivity index (χ0) is 25.1. The lowest BCUT2D eigenvalue weighted by atomic mass is 9.78. The molecular formula is C26H29F3N2O4. The molecule has 2 amide bonds. The molecule has 2 atom stereocenters. The molecule has 2 aromatic rings. The van der Waals surface area contributed by atoms with Gasteiger partial charge in [-0.3, -0.25) is 4.79 Å². The zero-order valence-electron chi connectivity index (χ0n) is 19.5. The number of nitrogens with zero attached hydrogens (tertiary/aromatic N) is 2. The number of methoxy groups -OCH3 is 1. The quantitative estimate of drug-likeness (QED) is 0.556. The Morgan fingerprint density at radius 1 is 1.03 bits per heavy atom. The number of hydrogen-bond acceptors (Lipinski definition) is 4. The third-order valence-corrected chi connectivity index (χ3v) is 6.88. The van der Waals surface area contributed by atoms with Crippen LogP contribution in [0.5, 0.6) is 5.75 Å². The van der Waals surface area contributed by atoms with Crippen molar-refractivity contribution in [2.24, 2.45) is 5.41 Å². The van der Waals surface area contributed by atoms with E-state index in [-0.39, 0.29) is 19.1 Å². The van der Waals surface area contributed by atoms with Crippen LogP contribution < -0.4 is 4.74 Å². The first-order valence-electron chi connectivity index (χ1n) is 11.7. The van der Waals surface area contributed by atoms with E-state index in [0.29, 0.717) is 38.1 Å². The molecule has 6 nitrogen and oxygen atoms in total. The van der Waals surface area contributed by atoms with E-state index < -0.39 is 29.6 Å². The summed E-state index contributed by atoms with van der Waals surface area (Å²) in [6, 6.07) is 17.5. The molecular weight excluding hydrogens is 461 g/mol. The normalized spacial score (nSPS) is 21.3. The van der Waals surface area contributed by atoms with Gasteiger partial charge in [0, 0.05) is 44.1 Å². The second-order valence-electron chi connectivity index (χ2n) is 9.35. The van der Waals surface area contributed by atoms with Crippen LogP contribution in [0.15, 0.2) is 60.7 Å². The van der Waals surface area contributed by atoms with Gasteiger partial charge in [-0.25, -0.2) is 4.79 Å². The summed E-state index contributed by atoms with van der Waals surface area (Å²) < 4.78 is 51.5. The van der Waals surface area contributed by atoms with Gasteiger partial charge in [-0.1, -0.05) is 48.5 Å². The summed E-state index contributed by atoms with van der Waals surface area (Å²) in [4.78, 5) is 27.6. The number of halogens is 3. The fourth-order valence-corrected chi connectivity index (χ4v) is 4.92. The predicted octanol–water partition coefficient (Wildman–Crippen LogP) is 4.86. The van der Waals surface area contributed by atoms with Crippen LogP contribution in [-0.4, -0.2) is 67.4 Å². The van der Waals surface area contributed by atoms with Crippen LogP contribution >= 0.6 is 0 Å². The van der Waals surface area contributed by atoms with E-state index in [1.807, 2.05) is 36.4 Å². The molecule has 1 heterocycles. The van der Waals surface area contributed by atoms with Gasteiger partial charge in [-0.05, 0) is 37.0 Å². The van der Waals surface area contributed by atoms with Crippen LogP contribution in [0.3, 0.4) is 0 Å². The lowest BCUT2D eigenvalue weighted by molar-refractivity contribution is -0.188. The van der Waals surface area contributed by atoms with Crippen LogP contribution in [0.1, 0.15) is 30.7 Å². The number of likely N-dealkylation sites (tertiary alicyclic amines) is 1. The molecule has 4 rings (SSSR count). The van der Waals surface area contributed by atoms with Crippen LogP contribution in [-0.2, 0) is 9.53 Å². The first kappa shape index (κ1) is 25.0. The minimum Gasteiger partial charge on any atom is -0.410 e. The van der Waals surface area contributed by atoms with Crippen molar-refractivity contribution in [2.45, 2.75) is 37.4 Å². The Balaban J connectivity index is 1.46. The van der Waals surface area contributed by atoms with Crippen molar-refractivity contribution >= 4 is 12.0 Å². The van der Waals surface area contributed by atoms with Gasteiger partial charge in [0.05, 0.1) is 6.61 Å². The largest absolute Gasteiger partial charge is 0.471 e. The minimum atomic E-state index is -4.96. The summed E-state index contributed by atoms with van der Waals surface area (Å²) in [5, 5.41) is 0. The smallest absolute Gasteiger partial charge is 0.410 e. The maximum Gasteiger partial charge on any atom is 0.471 e. The van der Waals surface area contributed by atoms with Gasteiger partial charge < -0.3 is 19.3 Å². The van der Waals surface area contributed by atoms with E-state index >= 15 is 0 Å². The maximum absolute atomic E-state index is 13.6. The minimum absolute atomic E-state index is 0.0746. The lowest BCUT2D eigenvalue weighted by Crippen LogP contribution is -2.54. The molecule has 0 spiro atoms. The fourth-order valence-electron chi connectivity index (χ4n) is 4.92. The van der Waals surface area contributed by atoms with Gasteiger partial charge in [-0.2, -0.15) is 13.2 Å². The molecule has 0 unspecified atom stereocenters. The topological polar surface area (TPSA) is 59.1 Å². The number of benzene rings is 2. The highest BCUT2D eigenvalue weighted by Gasteiger charge is 2.54. The highest BCUT2D eigenvalue weighted by Crippen LogP contribution is 2.47. The van der Waals surface area contributed by atoms with Crippen LogP contribution in [0.2, 0.25) is 0 Å². The average molecular weight is 491 g/mol. The van der Waals surface area contributed by atoms with E-state index in [4.69, 9.17) is 9.47 Å². The van der Waals surface area contributed by atoms with Gasteiger partial charge in [0.2, 0.25) is 0 Å². The molecule has 1 saturated carbocycles. The second-order valence-corrected chi connectivity index (χ2v) is 9.35. The molecule has 1 aliphatic heterocycles. The van der Waals surface area contributed by atoms with Gasteiger partial charge in [-0.15, -0.1) is 0 Å². The summed E-state index contributed by atoms with van der Waals surface area (Å²) in [5.41, 5.74) is 0.236. The number of amides is 2. The Kier molecular flexibility index (Phi) is 7.35. The standard InChI is InChI=1S/C26H29F3N2O4/c1-34-18-25(12-14-30(15-13-25)24(33)35-20-10-6-3-7-11-20)17-31(23(32)26(27,28)29)22-16-21(22)19-8-4-2-5-9-19/h2-11,21-22H,12-18H2,1H3/t21-,22+/m0/s1. The highest BCUT2D eigenvalue weighted by atomic mass is 19.4. The van der Waals surface area contributed by atoms with Crippen molar-refractivity contribution in [1.29, 1.82) is 0 Å². The molecule has 0 aromatic heterocycles. The maximum atomic E-state index is 13.6. The Hall–Kier alpha value is -3.07. The van der Waals surface area contributed by atoms with E-state index in [1.54, 1.807) is 29.2 Å². The number of rotatable bonds is 7.